The van der Waals surface area contributed by atoms with Crippen LogP contribution in [0.25, 0.3) is 10.9 Å². The number of amides is 2. The third-order valence-electron chi connectivity index (χ3n) is 5.79. The number of piperazine rings is 1. The molecule has 1 spiro atoms. The van der Waals surface area contributed by atoms with Crippen molar-refractivity contribution in [3.05, 3.63) is 45.0 Å². The van der Waals surface area contributed by atoms with Gasteiger partial charge in [-0.3, -0.25) is 14.7 Å². The molecule has 2 aliphatic rings. The molecule has 0 bridgehead atoms. The molecule has 1 N–H and O–H groups in total. The van der Waals surface area contributed by atoms with E-state index in [0.717, 1.165) is 5.51 Å². The lowest BCUT2D eigenvalue weighted by atomic mass is 10.1. The molecular weight excluding hydrogens is 455 g/mol. The maximum absolute atomic E-state index is 13.2. The number of halogens is 4. The Kier molecular flexibility index (Phi) is 4.52. The zero-order valence-corrected chi connectivity index (χ0v) is 17.4. The lowest BCUT2D eigenvalue weighted by Gasteiger charge is -2.42. The van der Waals surface area contributed by atoms with Crippen LogP contribution >= 0.6 is 22.9 Å². The van der Waals surface area contributed by atoms with E-state index in [4.69, 9.17) is 11.6 Å². The second-order valence-electron chi connectivity index (χ2n) is 7.67. The second-order valence-corrected chi connectivity index (χ2v) is 8.93. The molecule has 1 aliphatic carbocycles. The lowest BCUT2D eigenvalue weighted by Crippen LogP contribution is -2.58. The van der Waals surface area contributed by atoms with Gasteiger partial charge < -0.3 is 9.80 Å². The Morgan fingerprint density at radius 1 is 1.19 bits per heavy atom. The van der Waals surface area contributed by atoms with E-state index in [1.165, 1.54) is 4.90 Å². The molecular formula is C19H15ClF3N5O2S. The highest BCUT2D eigenvalue weighted by atomic mass is 35.5. The number of nitrogens with one attached hydrogen (secondary N) is 1. The maximum Gasteiger partial charge on any atom is 0.434 e. The van der Waals surface area contributed by atoms with Crippen molar-refractivity contribution in [2.75, 3.05) is 19.6 Å². The summed E-state index contributed by atoms with van der Waals surface area (Å²) in [5, 5.41) is 7.88. The van der Waals surface area contributed by atoms with E-state index in [-0.39, 0.29) is 25.5 Å². The van der Waals surface area contributed by atoms with Crippen LogP contribution in [0.4, 0.5) is 13.2 Å². The number of fused-ring (bicyclic) bond motifs is 1. The minimum Gasteiger partial charge on any atom is -0.333 e. The van der Waals surface area contributed by atoms with Crippen LogP contribution in [0.3, 0.4) is 0 Å². The fourth-order valence-electron chi connectivity index (χ4n) is 4.09. The van der Waals surface area contributed by atoms with Crippen molar-refractivity contribution in [1.29, 1.82) is 0 Å². The van der Waals surface area contributed by atoms with Crippen molar-refractivity contribution in [3.8, 4) is 0 Å². The molecule has 3 aromatic rings. The fourth-order valence-corrected chi connectivity index (χ4v) is 5.06. The van der Waals surface area contributed by atoms with Gasteiger partial charge in [0.05, 0.1) is 16.1 Å². The Morgan fingerprint density at radius 2 is 1.97 bits per heavy atom. The van der Waals surface area contributed by atoms with Crippen LogP contribution in [0.1, 0.15) is 38.7 Å². The molecule has 5 rings (SSSR count). The SMILES string of the molecule is O=C(c1[nH]nc2c(Cl)cccc12)N1CCN(C(=O)c2scnc2C(F)(F)F)C2(CC2)C1. The Bertz CT molecular complexity index is 1200. The summed E-state index contributed by atoms with van der Waals surface area (Å²) < 4.78 is 39.6. The van der Waals surface area contributed by atoms with Crippen molar-refractivity contribution in [2.24, 2.45) is 0 Å². The molecule has 1 saturated heterocycles. The van der Waals surface area contributed by atoms with Crippen LogP contribution in [0.15, 0.2) is 23.7 Å². The quantitative estimate of drug-likeness (QED) is 0.618. The number of aromatic amines is 1. The average molecular weight is 470 g/mol. The molecule has 2 aromatic heterocycles. The van der Waals surface area contributed by atoms with Crippen LogP contribution < -0.4 is 0 Å². The first kappa shape index (κ1) is 20.3. The summed E-state index contributed by atoms with van der Waals surface area (Å²) in [6.07, 6.45) is -3.45. The molecule has 1 saturated carbocycles. The molecule has 0 radical (unpaired) electrons. The highest BCUT2D eigenvalue weighted by Crippen LogP contribution is 2.46. The van der Waals surface area contributed by atoms with Gasteiger partial charge in [0.2, 0.25) is 0 Å². The smallest absolute Gasteiger partial charge is 0.333 e. The zero-order valence-electron chi connectivity index (χ0n) is 15.9. The molecule has 2 amide bonds. The van der Waals surface area contributed by atoms with Crippen LogP contribution in [0, 0.1) is 0 Å². The first-order valence-corrected chi connectivity index (χ1v) is 10.7. The molecule has 7 nitrogen and oxygen atoms in total. The van der Waals surface area contributed by atoms with Gasteiger partial charge in [0.15, 0.2) is 5.69 Å². The van der Waals surface area contributed by atoms with Crippen molar-refractivity contribution in [3.63, 3.8) is 0 Å². The molecule has 3 heterocycles. The number of nitrogens with zero attached hydrogens (tertiary/aromatic N) is 4. The molecule has 12 heteroatoms. The molecule has 2 fully saturated rings. The number of carbonyl (C=O) groups excluding carboxylic acids is 2. The highest BCUT2D eigenvalue weighted by molar-refractivity contribution is 7.11. The van der Waals surface area contributed by atoms with Gasteiger partial charge in [-0.15, -0.1) is 11.3 Å². The Hall–Kier alpha value is -2.66. The summed E-state index contributed by atoms with van der Waals surface area (Å²) in [6, 6.07) is 5.15. The predicted molar refractivity (Wildman–Crippen MR) is 107 cm³/mol. The first-order valence-electron chi connectivity index (χ1n) is 9.46. The Balaban J connectivity index is 1.39. The van der Waals surface area contributed by atoms with E-state index < -0.39 is 28.2 Å². The summed E-state index contributed by atoms with van der Waals surface area (Å²) in [6.45, 7) is 0.596. The number of H-pyrrole nitrogens is 1. The highest BCUT2D eigenvalue weighted by Gasteiger charge is 2.55. The van der Waals surface area contributed by atoms with E-state index in [1.54, 1.807) is 23.1 Å². The summed E-state index contributed by atoms with van der Waals surface area (Å²) in [7, 11) is 0. The van der Waals surface area contributed by atoms with Gasteiger partial charge in [-0.25, -0.2) is 4.98 Å². The normalized spacial score (nSPS) is 18.1. The molecule has 1 aliphatic heterocycles. The van der Waals surface area contributed by atoms with Crippen molar-refractivity contribution < 1.29 is 22.8 Å². The van der Waals surface area contributed by atoms with E-state index in [0.29, 0.717) is 45.8 Å². The molecule has 1 aromatic carbocycles. The summed E-state index contributed by atoms with van der Waals surface area (Å²) in [5.41, 5.74) is 0.0229. The first-order chi connectivity index (χ1) is 14.7. The van der Waals surface area contributed by atoms with Gasteiger partial charge >= 0.3 is 6.18 Å². The van der Waals surface area contributed by atoms with Crippen LogP contribution in [0.5, 0.6) is 0 Å². The number of para-hydroxylation sites is 1. The number of rotatable bonds is 2. The standard InChI is InChI=1S/C19H15ClF3N5O2S/c20-11-3-1-2-10-12(11)25-26-13(10)16(29)27-6-7-28(18(8-27)4-5-18)17(30)14-15(19(21,22)23)24-9-31-14/h1-3,9H,4-8H2,(H,25,26). The monoisotopic (exact) mass is 469 g/mol. The number of aromatic nitrogens is 3. The number of alkyl halides is 3. The topological polar surface area (TPSA) is 82.2 Å². The van der Waals surface area contributed by atoms with Gasteiger partial charge in [0.25, 0.3) is 11.8 Å². The number of hydrogen-bond acceptors (Lipinski definition) is 5. The van der Waals surface area contributed by atoms with Gasteiger partial charge in [-0.05, 0) is 18.9 Å². The van der Waals surface area contributed by atoms with Crippen molar-refractivity contribution in [2.45, 2.75) is 24.6 Å². The minimum absolute atomic E-state index is 0.145. The van der Waals surface area contributed by atoms with Crippen molar-refractivity contribution in [1.82, 2.24) is 25.0 Å². The molecule has 0 unspecified atom stereocenters. The van der Waals surface area contributed by atoms with Crippen molar-refractivity contribution >= 4 is 45.7 Å². The fraction of sp³-hybridized carbons (Fsp3) is 0.368. The average Bonchev–Trinajstić information content (AvgIpc) is 3.16. The third-order valence-corrected chi connectivity index (χ3v) is 6.91. The van der Waals surface area contributed by atoms with E-state index >= 15 is 0 Å². The van der Waals surface area contributed by atoms with Crippen LogP contribution in [-0.2, 0) is 6.18 Å². The number of benzene rings is 1. The molecule has 31 heavy (non-hydrogen) atoms. The van der Waals surface area contributed by atoms with Crippen LogP contribution in [0.2, 0.25) is 5.02 Å². The lowest BCUT2D eigenvalue weighted by molar-refractivity contribution is -0.141. The summed E-state index contributed by atoms with van der Waals surface area (Å²) in [5.74, 6) is -0.963. The summed E-state index contributed by atoms with van der Waals surface area (Å²) >= 11 is 6.81. The molecule has 0 atom stereocenters. The minimum atomic E-state index is -4.69. The van der Waals surface area contributed by atoms with Gasteiger partial charge in [-0.1, -0.05) is 23.7 Å². The van der Waals surface area contributed by atoms with Gasteiger partial charge in [0.1, 0.15) is 16.1 Å². The summed E-state index contributed by atoms with van der Waals surface area (Å²) in [4.78, 5) is 32.1. The zero-order chi connectivity index (χ0) is 22.0. The van der Waals surface area contributed by atoms with Gasteiger partial charge in [0, 0.05) is 25.0 Å². The number of hydrogen-bond donors (Lipinski definition) is 1. The second kappa shape index (κ2) is 6.92. The Morgan fingerprint density at radius 3 is 2.68 bits per heavy atom. The predicted octanol–water partition coefficient (Wildman–Crippen LogP) is 3.82. The maximum atomic E-state index is 13.2. The molecule has 162 valence electrons. The third kappa shape index (κ3) is 3.26. The Labute approximate surface area is 182 Å². The van der Waals surface area contributed by atoms with E-state index in [1.807, 2.05) is 0 Å². The van der Waals surface area contributed by atoms with Crippen LogP contribution in [-0.4, -0.2) is 62.0 Å². The largest absolute Gasteiger partial charge is 0.434 e. The van der Waals surface area contributed by atoms with E-state index in [2.05, 4.69) is 15.2 Å². The van der Waals surface area contributed by atoms with E-state index in [9.17, 15) is 22.8 Å². The number of thiazole rings is 1. The number of carbonyl (C=O) groups is 2. The van der Waals surface area contributed by atoms with Gasteiger partial charge in [-0.2, -0.15) is 18.3 Å².